The highest BCUT2D eigenvalue weighted by atomic mass is 19.1. The van der Waals surface area contributed by atoms with Crippen LogP contribution in [0.25, 0.3) is 11.4 Å². The molecule has 0 radical (unpaired) electrons. The summed E-state index contributed by atoms with van der Waals surface area (Å²) >= 11 is 0. The van der Waals surface area contributed by atoms with Crippen LogP contribution in [0.3, 0.4) is 0 Å². The number of carbonyl (C=O) groups is 1. The molecule has 2 aromatic heterocycles. The van der Waals surface area contributed by atoms with Gasteiger partial charge in [0.1, 0.15) is 5.67 Å². The van der Waals surface area contributed by atoms with Gasteiger partial charge in [-0.3, -0.25) is 4.79 Å². The van der Waals surface area contributed by atoms with Gasteiger partial charge in [-0.2, -0.15) is 9.97 Å². The van der Waals surface area contributed by atoms with E-state index in [1.54, 1.807) is 0 Å². The summed E-state index contributed by atoms with van der Waals surface area (Å²) in [7, 11) is 0. The maximum Gasteiger partial charge on any atom is 0.233 e. The highest BCUT2D eigenvalue weighted by molar-refractivity contribution is 6.00. The van der Waals surface area contributed by atoms with Gasteiger partial charge in [0.15, 0.2) is 5.82 Å². The molecule has 0 aliphatic heterocycles. The molecular weight excluding hydrogens is 509 g/mol. The molecular formula is C31H36FN5O3. The number of aromatic nitrogens is 4. The lowest BCUT2D eigenvalue weighted by molar-refractivity contribution is -0.211. The van der Waals surface area contributed by atoms with Crippen LogP contribution in [-0.2, 0) is 10.2 Å². The van der Waals surface area contributed by atoms with Crippen molar-refractivity contribution in [2.24, 2.45) is 10.8 Å². The third kappa shape index (κ3) is 3.72. The Kier molecular flexibility index (Phi) is 5.08. The predicted molar refractivity (Wildman–Crippen MR) is 144 cm³/mol. The normalized spacial score (nSPS) is 34.0. The molecule has 9 heteroatoms. The number of amides is 1. The first-order chi connectivity index (χ1) is 19.2. The van der Waals surface area contributed by atoms with Crippen molar-refractivity contribution in [2.75, 3.05) is 11.4 Å². The molecule has 7 aliphatic carbocycles. The van der Waals surface area contributed by atoms with E-state index in [1.165, 1.54) is 0 Å². The molecule has 7 aliphatic rings. The van der Waals surface area contributed by atoms with E-state index >= 15 is 0 Å². The molecule has 10 rings (SSSR count). The molecule has 8 nitrogen and oxygen atoms in total. The summed E-state index contributed by atoms with van der Waals surface area (Å²) in [6.45, 7) is 4.68. The molecule has 0 saturated heterocycles. The van der Waals surface area contributed by atoms with Gasteiger partial charge in [-0.1, -0.05) is 36.3 Å². The highest BCUT2D eigenvalue weighted by Crippen LogP contribution is 2.70. The van der Waals surface area contributed by atoms with Crippen LogP contribution in [0.1, 0.15) is 114 Å². The largest absolute Gasteiger partial charge is 0.339 e. The van der Waals surface area contributed by atoms with Crippen molar-refractivity contribution >= 4 is 11.6 Å². The maximum atomic E-state index is 14.5. The number of alkyl halides is 1. The van der Waals surface area contributed by atoms with Crippen LogP contribution in [0.5, 0.6) is 0 Å². The Morgan fingerprint density at radius 3 is 2.38 bits per heavy atom. The molecule has 0 atom stereocenters. The van der Waals surface area contributed by atoms with Crippen molar-refractivity contribution in [3.8, 4) is 11.4 Å². The van der Waals surface area contributed by atoms with Crippen LogP contribution in [0, 0.1) is 10.8 Å². The fraction of sp³-hybridized carbons (Fsp3) is 0.645. The summed E-state index contributed by atoms with van der Waals surface area (Å²) in [5.41, 5.74) is -0.0266. The van der Waals surface area contributed by atoms with Crippen LogP contribution in [0.15, 0.2) is 33.3 Å². The molecule has 4 bridgehead atoms. The first-order valence-corrected chi connectivity index (χ1v) is 15.0. The van der Waals surface area contributed by atoms with E-state index in [0.717, 1.165) is 74.3 Å². The third-order valence-electron chi connectivity index (χ3n) is 10.7. The molecule has 0 unspecified atom stereocenters. The quantitative estimate of drug-likeness (QED) is 0.313. The Labute approximate surface area is 233 Å². The lowest BCUT2D eigenvalue weighted by atomic mass is 9.41. The Morgan fingerprint density at radius 2 is 1.75 bits per heavy atom. The number of anilines is 1. The van der Waals surface area contributed by atoms with Gasteiger partial charge in [0.2, 0.25) is 23.5 Å². The fourth-order valence-corrected chi connectivity index (χ4v) is 7.97. The zero-order chi connectivity index (χ0) is 27.3. The third-order valence-corrected chi connectivity index (χ3v) is 10.7. The summed E-state index contributed by atoms with van der Waals surface area (Å²) in [6.07, 6.45) is 9.44. The molecule has 3 aromatic rings. The van der Waals surface area contributed by atoms with Gasteiger partial charge in [0.25, 0.3) is 0 Å². The SMILES string of the molecule is CC(C)c1nc(-c2cccc(N(CC34CCC(c5nc(C6CC6)no5)(CC3)CC4)C(=O)C34CC(F)(C3)C4)c2)no1. The van der Waals surface area contributed by atoms with Crippen molar-refractivity contribution < 1.29 is 18.2 Å². The minimum absolute atomic E-state index is 0.0284. The highest BCUT2D eigenvalue weighted by Gasteiger charge is 2.73. The first kappa shape index (κ1) is 24.7. The topological polar surface area (TPSA) is 98.2 Å². The van der Waals surface area contributed by atoms with Gasteiger partial charge in [0.05, 0.1) is 5.41 Å². The van der Waals surface area contributed by atoms with E-state index in [4.69, 9.17) is 14.0 Å². The van der Waals surface area contributed by atoms with Crippen molar-refractivity contribution in [2.45, 2.75) is 107 Å². The molecule has 1 amide bonds. The summed E-state index contributed by atoms with van der Waals surface area (Å²) in [6, 6.07) is 7.89. The van der Waals surface area contributed by atoms with Crippen LogP contribution in [0.2, 0.25) is 0 Å². The van der Waals surface area contributed by atoms with E-state index in [9.17, 15) is 9.18 Å². The van der Waals surface area contributed by atoms with Crippen LogP contribution < -0.4 is 4.90 Å². The van der Waals surface area contributed by atoms with Crippen LogP contribution in [0.4, 0.5) is 10.1 Å². The Hall–Kier alpha value is -3.10. The fourth-order valence-electron chi connectivity index (χ4n) is 7.97. The Morgan fingerprint density at radius 1 is 1.02 bits per heavy atom. The number of fused-ring (bicyclic) bond motifs is 3. The van der Waals surface area contributed by atoms with E-state index in [1.807, 2.05) is 43.0 Å². The summed E-state index contributed by atoms with van der Waals surface area (Å²) < 4.78 is 25.8. The summed E-state index contributed by atoms with van der Waals surface area (Å²) in [5.74, 6) is 3.52. The average molecular weight is 546 g/mol. The van der Waals surface area contributed by atoms with Crippen molar-refractivity contribution in [3.05, 3.63) is 41.9 Å². The standard InChI is InChI=1S/C31H36FN5O3/c1-19(2)25-33-24(35-39-25)21-4-3-5-22(14-21)37(27(38)30-15-31(32,16-30)17-30)18-28-8-11-29(12-9-28,13-10-28)26-34-23(36-40-26)20-6-7-20/h3-5,14,19-20H,6-13,15-18H2,1-2H3. The molecule has 7 fully saturated rings. The first-order valence-electron chi connectivity index (χ1n) is 15.0. The second kappa shape index (κ2) is 8.23. The number of rotatable bonds is 8. The lowest BCUT2D eigenvalue weighted by Gasteiger charge is -2.65. The van der Waals surface area contributed by atoms with Crippen molar-refractivity contribution in [1.29, 1.82) is 0 Å². The van der Waals surface area contributed by atoms with Gasteiger partial charge < -0.3 is 13.9 Å². The molecule has 210 valence electrons. The number of carbonyl (C=O) groups excluding carboxylic acids is 1. The molecule has 0 N–H and O–H groups in total. The van der Waals surface area contributed by atoms with Crippen molar-refractivity contribution in [3.63, 3.8) is 0 Å². The van der Waals surface area contributed by atoms with Gasteiger partial charge in [-0.05, 0) is 88.2 Å². The van der Waals surface area contributed by atoms with Gasteiger partial charge in [-0.15, -0.1) is 0 Å². The zero-order valence-electron chi connectivity index (χ0n) is 23.3. The van der Waals surface area contributed by atoms with Crippen molar-refractivity contribution in [1.82, 2.24) is 20.3 Å². The number of benzene rings is 1. The van der Waals surface area contributed by atoms with Gasteiger partial charge >= 0.3 is 0 Å². The number of hydrogen-bond acceptors (Lipinski definition) is 7. The zero-order valence-corrected chi connectivity index (χ0v) is 23.3. The van der Waals surface area contributed by atoms with E-state index in [-0.39, 0.29) is 22.7 Å². The minimum Gasteiger partial charge on any atom is -0.339 e. The number of hydrogen-bond donors (Lipinski definition) is 0. The molecule has 40 heavy (non-hydrogen) atoms. The van der Waals surface area contributed by atoms with Gasteiger partial charge in [0, 0.05) is 35.0 Å². The van der Waals surface area contributed by atoms with E-state index in [2.05, 4.69) is 15.3 Å². The van der Waals surface area contributed by atoms with Crippen LogP contribution in [-0.4, -0.2) is 38.4 Å². The predicted octanol–water partition coefficient (Wildman–Crippen LogP) is 6.64. The smallest absolute Gasteiger partial charge is 0.233 e. The Bertz CT molecular complexity index is 1440. The molecule has 7 saturated carbocycles. The second-order valence-electron chi connectivity index (χ2n) is 14.0. The second-order valence-corrected chi connectivity index (χ2v) is 14.0. The summed E-state index contributed by atoms with van der Waals surface area (Å²) in [4.78, 5) is 25.5. The van der Waals surface area contributed by atoms with E-state index < -0.39 is 11.1 Å². The number of nitrogens with zero attached hydrogens (tertiary/aromatic N) is 5. The van der Waals surface area contributed by atoms with Gasteiger partial charge in [-0.25, -0.2) is 4.39 Å². The summed E-state index contributed by atoms with van der Waals surface area (Å²) in [5, 5.41) is 8.49. The molecule has 2 heterocycles. The molecule has 0 spiro atoms. The monoisotopic (exact) mass is 545 g/mol. The van der Waals surface area contributed by atoms with E-state index in [0.29, 0.717) is 43.4 Å². The van der Waals surface area contributed by atoms with Crippen LogP contribution >= 0.6 is 0 Å². The Balaban J connectivity index is 1.07. The minimum atomic E-state index is -1.13. The molecule has 1 aromatic carbocycles. The maximum absolute atomic E-state index is 14.5. The average Bonchev–Trinajstić information content (AvgIpc) is 3.44. The lowest BCUT2D eigenvalue weighted by Crippen LogP contribution is -2.71. The number of halogens is 1.